The van der Waals surface area contributed by atoms with Crippen LogP contribution in [0.5, 0.6) is 0 Å². The van der Waals surface area contributed by atoms with Crippen LogP contribution in [-0.2, 0) is 4.79 Å². The number of aromatic nitrogens is 1. The number of carbonyl (C=O) groups is 1. The maximum Gasteiger partial charge on any atom is 0.229 e. The Hall–Kier alpha value is -2.09. The zero-order chi connectivity index (χ0) is 19.5. The van der Waals surface area contributed by atoms with Crippen molar-refractivity contribution < 1.29 is 4.79 Å². The molecule has 4 saturated carbocycles. The molecule has 28 heavy (non-hydrogen) atoms. The van der Waals surface area contributed by atoms with E-state index in [1.807, 2.05) is 12.1 Å². The summed E-state index contributed by atoms with van der Waals surface area (Å²) >= 11 is 0. The Labute approximate surface area is 167 Å². The van der Waals surface area contributed by atoms with E-state index in [2.05, 4.69) is 34.7 Å². The highest BCUT2D eigenvalue weighted by Crippen LogP contribution is 2.62. The van der Waals surface area contributed by atoms with E-state index >= 15 is 0 Å². The van der Waals surface area contributed by atoms with Crippen LogP contribution in [0, 0.1) is 40.4 Å². The van der Waals surface area contributed by atoms with E-state index in [0.717, 1.165) is 68.3 Å². The van der Waals surface area contributed by atoms with Gasteiger partial charge in [-0.2, -0.15) is 5.26 Å². The van der Waals surface area contributed by atoms with Crippen LogP contribution >= 0.6 is 0 Å². The Morgan fingerprint density at radius 3 is 2.64 bits per heavy atom. The molecule has 3 atom stereocenters. The van der Waals surface area contributed by atoms with Gasteiger partial charge in [-0.1, -0.05) is 6.92 Å². The van der Waals surface area contributed by atoms with Crippen LogP contribution in [0.15, 0.2) is 18.3 Å². The third-order valence-electron chi connectivity index (χ3n) is 8.32. The fraction of sp³-hybridized carbons (Fsp3) is 0.696. The van der Waals surface area contributed by atoms with Crippen LogP contribution in [-0.4, -0.2) is 41.5 Å². The first-order valence-electron chi connectivity index (χ1n) is 10.9. The predicted octanol–water partition coefficient (Wildman–Crippen LogP) is 3.45. The maximum atomic E-state index is 13.8. The summed E-state index contributed by atoms with van der Waals surface area (Å²) in [7, 11) is 0. The molecule has 5 fully saturated rings. The molecule has 148 valence electrons. The van der Waals surface area contributed by atoms with Gasteiger partial charge in [0.15, 0.2) is 5.69 Å². The lowest BCUT2D eigenvalue weighted by molar-refractivity contribution is -0.165. The van der Waals surface area contributed by atoms with Crippen molar-refractivity contribution in [3.63, 3.8) is 0 Å². The minimum absolute atomic E-state index is 0.0778. The molecule has 1 amide bonds. The first-order valence-corrected chi connectivity index (χ1v) is 10.9. The predicted molar refractivity (Wildman–Crippen MR) is 107 cm³/mol. The zero-order valence-corrected chi connectivity index (χ0v) is 17.0. The molecule has 1 saturated heterocycles. The number of nitriles is 1. The van der Waals surface area contributed by atoms with Gasteiger partial charge in [0.2, 0.25) is 5.91 Å². The number of pyridine rings is 1. The van der Waals surface area contributed by atoms with E-state index in [9.17, 15) is 10.1 Å². The van der Waals surface area contributed by atoms with Gasteiger partial charge in [-0.05, 0) is 74.8 Å². The summed E-state index contributed by atoms with van der Waals surface area (Å²) in [6.07, 6.45) is 7.74. The lowest BCUT2D eigenvalue weighted by Gasteiger charge is -2.60. The first-order chi connectivity index (χ1) is 13.5. The van der Waals surface area contributed by atoms with E-state index in [0.29, 0.717) is 11.6 Å². The molecule has 5 aliphatic rings. The van der Waals surface area contributed by atoms with Gasteiger partial charge in [0.05, 0.1) is 11.1 Å². The van der Waals surface area contributed by atoms with Gasteiger partial charge < -0.3 is 9.80 Å². The van der Waals surface area contributed by atoms with E-state index in [-0.39, 0.29) is 11.5 Å². The molecule has 4 bridgehead atoms. The lowest BCUT2D eigenvalue weighted by atomic mass is 9.46. The molecule has 4 aliphatic carbocycles. The minimum atomic E-state index is -0.0778. The average Bonchev–Trinajstić information content (AvgIpc) is 2.70. The summed E-state index contributed by atoms with van der Waals surface area (Å²) in [5.41, 5.74) is 1.29. The summed E-state index contributed by atoms with van der Waals surface area (Å²) in [6.45, 7) is 6.88. The van der Waals surface area contributed by atoms with Crippen molar-refractivity contribution in [2.24, 2.45) is 29.1 Å². The Kier molecular flexibility index (Phi) is 4.15. The highest BCUT2D eigenvalue weighted by atomic mass is 16.2. The normalized spacial score (nSPS) is 39.1. The molecule has 5 nitrogen and oxygen atoms in total. The number of nitrogens with zero attached hydrogens (tertiary/aromatic N) is 4. The summed E-state index contributed by atoms with van der Waals surface area (Å²) in [4.78, 5) is 22.4. The molecular formula is C23H30N4O. The third kappa shape index (κ3) is 2.64. The second-order valence-corrected chi connectivity index (χ2v) is 9.89. The van der Waals surface area contributed by atoms with Crippen molar-refractivity contribution in [1.29, 1.82) is 5.26 Å². The summed E-state index contributed by atoms with van der Waals surface area (Å²) in [5.74, 6) is 3.54. The molecule has 5 heteroatoms. The smallest absolute Gasteiger partial charge is 0.229 e. The number of carbonyl (C=O) groups excluding carboxylic acids is 1. The molecule has 0 aromatic carbocycles. The molecule has 1 aliphatic heterocycles. The van der Waals surface area contributed by atoms with Crippen molar-refractivity contribution in [3.05, 3.63) is 24.0 Å². The van der Waals surface area contributed by atoms with Crippen molar-refractivity contribution in [2.75, 3.05) is 24.5 Å². The van der Waals surface area contributed by atoms with Crippen LogP contribution in [0.4, 0.5) is 5.69 Å². The highest BCUT2D eigenvalue weighted by molar-refractivity contribution is 5.84. The van der Waals surface area contributed by atoms with Crippen molar-refractivity contribution in [2.45, 2.75) is 52.0 Å². The fourth-order valence-corrected chi connectivity index (χ4v) is 7.06. The molecule has 0 radical (unpaired) electrons. The topological polar surface area (TPSA) is 60.2 Å². The maximum absolute atomic E-state index is 13.8. The summed E-state index contributed by atoms with van der Waals surface area (Å²) in [6, 6.07) is 6.22. The van der Waals surface area contributed by atoms with Crippen LogP contribution in [0.1, 0.15) is 51.6 Å². The van der Waals surface area contributed by atoms with Crippen LogP contribution < -0.4 is 4.90 Å². The van der Waals surface area contributed by atoms with Gasteiger partial charge in [0, 0.05) is 31.9 Å². The van der Waals surface area contributed by atoms with E-state index in [4.69, 9.17) is 0 Å². The second kappa shape index (κ2) is 6.47. The fourth-order valence-electron chi connectivity index (χ4n) is 7.06. The van der Waals surface area contributed by atoms with E-state index in [1.54, 1.807) is 6.20 Å². The Morgan fingerprint density at radius 1 is 1.21 bits per heavy atom. The quantitative estimate of drug-likeness (QED) is 0.791. The SMILES string of the molecule is CC1C2CC3CC1CC(C(=O)N1CCN(c4cccnc4C#N)CC1C)(C3)C2. The van der Waals surface area contributed by atoms with Crippen molar-refractivity contribution in [1.82, 2.24) is 9.88 Å². The number of anilines is 1. The second-order valence-electron chi connectivity index (χ2n) is 9.89. The van der Waals surface area contributed by atoms with Crippen LogP contribution in [0.25, 0.3) is 0 Å². The Bertz CT molecular complexity index is 814. The van der Waals surface area contributed by atoms with Crippen molar-refractivity contribution >= 4 is 11.6 Å². The largest absolute Gasteiger partial charge is 0.365 e. The van der Waals surface area contributed by atoms with Crippen LogP contribution in [0.3, 0.4) is 0 Å². The molecule has 6 rings (SSSR count). The van der Waals surface area contributed by atoms with Gasteiger partial charge in [-0.25, -0.2) is 4.98 Å². The summed E-state index contributed by atoms with van der Waals surface area (Å²) < 4.78 is 0. The van der Waals surface area contributed by atoms with Gasteiger partial charge in [0.25, 0.3) is 0 Å². The Balaban J connectivity index is 1.33. The monoisotopic (exact) mass is 378 g/mol. The van der Waals surface area contributed by atoms with Gasteiger partial charge in [-0.3, -0.25) is 4.79 Å². The molecule has 0 spiro atoms. The number of piperazine rings is 1. The Morgan fingerprint density at radius 2 is 1.96 bits per heavy atom. The number of amides is 1. The minimum Gasteiger partial charge on any atom is -0.365 e. The number of hydrogen-bond donors (Lipinski definition) is 0. The standard InChI is InChI=1S/C23H30N4O/c1-15-14-26(21-4-3-5-25-20(21)13-24)6-7-27(15)22(28)23-10-17-8-18(11-23)16(2)19(9-17)12-23/h3-5,15-19H,6-12,14H2,1-2H3. The van der Waals surface area contributed by atoms with Crippen molar-refractivity contribution in [3.8, 4) is 6.07 Å². The molecular weight excluding hydrogens is 348 g/mol. The van der Waals surface area contributed by atoms with Gasteiger partial charge >= 0.3 is 0 Å². The van der Waals surface area contributed by atoms with E-state index in [1.165, 1.54) is 12.8 Å². The van der Waals surface area contributed by atoms with Gasteiger partial charge in [0.1, 0.15) is 6.07 Å². The molecule has 0 N–H and O–H groups in total. The lowest BCUT2D eigenvalue weighted by Crippen LogP contribution is -2.62. The highest BCUT2D eigenvalue weighted by Gasteiger charge is 2.58. The molecule has 1 aromatic heterocycles. The third-order valence-corrected chi connectivity index (χ3v) is 8.32. The van der Waals surface area contributed by atoms with Gasteiger partial charge in [-0.15, -0.1) is 0 Å². The zero-order valence-electron chi connectivity index (χ0n) is 17.0. The number of hydrogen-bond acceptors (Lipinski definition) is 4. The first kappa shape index (κ1) is 18.0. The molecule has 3 unspecified atom stereocenters. The number of rotatable bonds is 2. The average molecular weight is 379 g/mol. The molecule has 2 heterocycles. The summed E-state index contributed by atoms with van der Waals surface area (Å²) in [5, 5.41) is 9.37. The van der Waals surface area contributed by atoms with Crippen LogP contribution in [0.2, 0.25) is 0 Å². The van der Waals surface area contributed by atoms with E-state index < -0.39 is 0 Å². The molecule has 1 aromatic rings.